The average Bonchev–Trinajstić information content (AvgIpc) is 3.31. The molecule has 0 aromatic carbocycles. The molecule has 6 nitrogen and oxygen atoms in total. The number of carbonyl (C=O) groups is 3. The van der Waals surface area contributed by atoms with Crippen molar-refractivity contribution in [2.24, 2.45) is 0 Å². The van der Waals surface area contributed by atoms with Gasteiger partial charge in [-0.15, -0.1) is 0 Å². The van der Waals surface area contributed by atoms with Gasteiger partial charge in [-0.05, 0) is 57.8 Å². The first-order chi connectivity index (χ1) is 32.5. The van der Waals surface area contributed by atoms with Crippen LogP contribution in [0.25, 0.3) is 0 Å². The van der Waals surface area contributed by atoms with Gasteiger partial charge >= 0.3 is 17.9 Å². The smallest absolute Gasteiger partial charge is 0.306 e. The molecule has 0 aromatic heterocycles. The second kappa shape index (κ2) is 54.7. The van der Waals surface area contributed by atoms with Crippen molar-refractivity contribution in [1.82, 2.24) is 0 Å². The molecule has 0 aliphatic carbocycles. The molecule has 0 aliphatic rings. The Morgan fingerprint density at radius 1 is 0.318 bits per heavy atom. The van der Waals surface area contributed by atoms with E-state index in [0.717, 1.165) is 77.0 Å². The Labute approximate surface area is 409 Å². The Morgan fingerprint density at radius 2 is 0.591 bits per heavy atom. The minimum absolute atomic E-state index is 0.0931. The predicted molar refractivity (Wildman–Crippen MR) is 284 cm³/mol. The highest BCUT2D eigenvalue weighted by Gasteiger charge is 2.19. The third kappa shape index (κ3) is 52.1. The van der Waals surface area contributed by atoms with Crippen molar-refractivity contribution in [1.29, 1.82) is 0 Å². The fraction of sp³-hybridized carbons (Fsp3) is 0.783. The molecule has 0 aromatic rings. The SMILES string of the molecule is CC/C=C\C/C=C\C/C=C\C/C=C\C/C=C\CCCC(=O)OC(COC(=O)CCCCCCCCCCCC)COC(=O)CCCCCCCCCCCCCCCCCCCCCCC. The molecule has 0 spiro atoms. The van der Waals surface area contributed by atoms with Gasteiger partial charge in [0.25, 0.3) is 0 Å². The Balaban J connectivity index is 4.33. The Kier molecular flexibility index (Phi) is 52.3. The summed E-state index contributed by atoms with van der Waals surface area (Å²) in [5, 5.41) is 0. The topological polar surface area (TPSA) is 78.9 Å². The van der Waals surface area contributed by atoms with Crippen LogP contribution >= 0.6 is 0 Å². The van der Waals surface area contributed by atoms with Gasteiger partial charge in [0.1, 0.15) is 13.2 Å². The van der Waals surface area contributed by atoms with Crippen molar-refractivity contribution in [2.75, 3.05) is 13.2 Å². The number of allylic oxidation sites excluding steroid dienone is 10. The van der Waals surface area contributed by atoms with E-state index in [1.54, 1.807) is 0 Å². The van der Waals surface area contributed by atoms with Gasteiger partial charge in [-0.1, -0.05) is 268 Å². The first kappa shape index (κ1) is 63.1. The van der Waals surface area contributed by atoms with Crippen molar-refractivity contribution in [3.05, 3.63) is 60.8 Å². The Bertz CT molecular complexity index is 1200. The van der Waals surface area contributed by atoms with Crippen LogP contribution in [-0.4, -0.2) is 37.2 Å². The quantitative estimate of drug-likeness (QED) is 0.0262. The second-order valence-electron chi connectivity index (χ2n) is 18.8. The molecule has 382 valence electrons. The van der Waals surface area contributed by atoms with Gasteiger partial charge in [0, 0.05) is 19.3 Å². The van der Waals surface area contributed by atoms with Crippen molar-refractivity contribution < 1.29 is 28.6 Å². The van der Waals surface area contributed by atoms with Crippen LogP contribution in [0.1, 0.15) is 284 Å². The lowest BCUT2D eigenvalue weighted by atomic mass is 10.0. The van der Waals surface area contributed by atoms with Crippen LogP contribution in [0, 0.1) is 0 Å². The maximum atomic E-state index is 12.8. The maximum Gasteiger partial charge on any atom is 0.306 e. The van der Waals surface area contributed by atoms with Crippen LogP contribution in [0.3, 0.4) is 0 Å². The molecule has 0 heterocycles. The first-order valence-corrected chi connectivity index (χ1v) is 28.3. The Morgan fingerprint density at radius 3 is 0.909 bits per heavy atom. The van der Waals surface area contributed by atoms with Gasteiger partial charge in [0.05, 0.1) is 0 Å². The van der Waals surface area contributed by atoms with Crippen molar-refractivity contribution in [2.45, 2.75) is 290 Å². The summed E-state index contributed by atoms with van der Waals surface area (Å²) in [6, 6.07) is 0. The molecule has 66 heavy (non-hydrogen) atoms. The summed E-state index contributed by atoms with van der Waals surface area (Å²) in [7, 11) is 0. The van der Waals surface area contributed by atoms with Gasteiger partial charge in [-0.25, -0.2) is 0 Å². The van der Waals surface area contributed by atoms with E-state index in [1.165, 1.54) is 161 Å². The molecule has 0 bridgehead atoms. The highest BCUT2D eigenvalue weighted by atomic mass is 16.6. The standard InChI is InChI=1S/C60H106O6/c1-4-7-10-13-16-19-22-24-26-28-29-30-31-33-34-36-38-41-44-47-50-53-59(62)65-56-57(55-64-58(61)52-49-46-43-40-21-18-15-12-9-6-3)66-60(63)54-51-48-45-42-39-37-35-32-27-25-23-20-17-14-11-8-5-2/h8,11,17,20,25,27,35,37,42,45,57H,4-7,9-10,12-16,18-19,21-24,26,28-34,36,38-41,43-44,46-56H2,1-3H3/b11-8-,20-17-,27-25-,37-35-,45-42-. The number of unbranched alkanes of at least 4 members (excludes halogenated alkanes) is 30. The number of carbonyl (C=O) groups excluding carboxylic acids is 3. The summed E-state index contributed by atoms with van der Waals surface area (Å²) >= 11 is 0. The minimum atomic E-state index is -0.800. The van der Waals surface area contributed by atoms with E-state index in [2.05, 4.69) is 81.5 Å². The van der Waals surface area contributed by atoms with Gasteiger partial charge in [0.15, 0.2) is 6.10 Å². The molecular weight excluding hydrogens is 817 g/mol. The molecule has 1 atom stereocenters. The minimum Gasteiger partial charge on any atom is -0.462 e. The highest BCUT2D eigenvalue weighted by Crippen LogP contribution is 2.16. The first-order valence-electron chi connectivity index (χ1n) is 28.3. The third-order valence-electron chi connectivity index (χ3n) is 12.3. The number of hydrogen-bond donors (Lipinski definition) is 0. The lowest BCUT2D eigenvalue weighted by Crippen LogP contribution is -2.30. The molecule has 6 heteroatoms. The van der Waals surface area contributed by atoms with E-state index < -0.39 is 6.10 Å². The van der Waals surface area contributed by atoms with Crippen LogP contribution in [0.4, 0.5) is 0 Å². The van der Waals surface area contributed by atoms with Gasteiger partial charge in [0.2, 0.25) is 0 Å². The molecular formula is C60H106O6. The Hall–Kier alpha value is -2.89. The second-order valence-corrected chi connectivity index (χ2v) is 18.8. The number of esters is 3. The zero-order valence-corrected chi connectivity index (χ0v) is 43.7. The zero-order chi connectivity index (χ0) is 47.9. The summed E-state index contributed by atoms with van der Waals surface area (Å²) in [4.78, 5) is 38.0. The van der Waals surface area contributed by atoms with Crippen LogP contribution in [-0.2, 0) is 28.6 Å². The summed E-state index contributed by atoms with van der Waals surface area (Å²) in [5.74, 6) is -0.942. The van der Waals surface area contributed by atoms with Crippen molar-refractivity contribution >= 4 is 17.9 Å². The molecule has 0 saturated carbocycles. The molecule has 0 radical (unpaired) electrons. The van der Waals surface area contributed by atoms with Gasteiger partial charge in [-0.3, -0.25) is 14.4 Å². The monoisotopic (exact) mass is 923 g/mol. The summed E-state index contributed by atoms with van der Waals surface area (Å²) < 4.78 is 16.8. The van der Waals surface area contributed by atoms with Crippen molar-refractivity contribution in [3.63, 3.8) is 0 Å². The molecule has 0 saturated heterocycles. The third-order valence-corrected chi connectivity index (χ3v) is 12.3. The lowest BCUT2D eigenvalue weighted by molar-refractivity contribution is -0.167. The number of hydrogen-bond acceptors (Lipinski definition) is 6. The van der Waals surface area contributed by atoms with E-state index >= 15 is 0 Å². The summed E-state index contributed by atoms with van der Waals surface area (Å²) in [5.41, 5.74) is 0. The normalized spacial score (nSPS) is 12.5. The summed E-state index contributed by atoms with van der Waals surface area (Å²) in [6.07, 6.45) is 68.0. The molecule has 0 amide bonds. The fourth-order valence-electron chi connectivity index (χ4n) is 8.07. The molecule has 0 fully saturated rings. The van der Waals surface area contributed by atoms with E-state index in [9.17, 15) is 14.4 Å². The van der Waals surface area contributed by atoms with E-state index in [0.29, 0.717) is 19.3 Å². The van der Waals surface area contributed by atoms with Gasteiger partial charge < -0.3 is 14.2 Å². The van der Waals surface area contributed by atoms with Crippen LogP contribution < -0.4 is 0 Å². The molecule has 0 rings (SSSR count). The largest absolute Gasteiger partial charge is 0.462 e. The van der Waals surface area contributed by atoms with Gasteiger partial charge in [-0.2, -0.15) is 0 Å². The van der Waals surface area contributed by atoms with Crippen molar-refractivity contribution in [3.8, 4) is 0 Å². The van der Waals surface area contributed by atoms with Crippen LogP contribution in [0.2, 0.25) is 0 Å². The predicted octanol–water partition coefficient (Wildman–Crippen LogP) is 18.8. The number of ether oxygens (including phenoxy) is 3. The zero-order valence-electron chi connectivity index (χ0n) is 43.7. The molecule has 1 unspecified atom stereocenters. The summed E-state index contributed by atoms with van der Waals surface area (Å²) in [6.45, 7) is 6.49. The average molecular weight is 924 g/mol. The highest BCUT2D eigenvalue weighted by molar-refractivity contribution is 5.71. The van der Waals surface area contributed by atoms with E-state index in [4.69, 9.17) is 14.2 Å². The molecule has 0 N–H and O–H groups in total. The molecule has 0 aliphatic heterocycles. The fourth-order valence-corrected chi connectivity index (χ4v) is 8.07. The number of rotatable bonds is 51. The van der Waals surface area contributed by atoms with E-state index in [1.807, 2.05) is 0 Å². The van der Waals surface area contributed by atoms with E-state index in [-0.39, 0.29) is 37.5 Å². The lowest BCUT2D eigenvalue weighted by Gasteiger charge is -2.18. The van der Waals surface area contributed by atoms with Crippen LogP contribution in [0.15, 0.2) is 60.8 Å². The maximum absolute atomic E-state index is 12.8. The van der Waals surface area contributed by atoms with Crippen LogP contribution in [0.5, 0.6) is 0 Å².